The van der Waals surface area contributed by atoms with Gasteiger partial charge in [0.25, 0.3) is 12.2 Å². The van der Waals surface area contributed by atoms with E-state index in [1.807, 2.05) is 5.51 Å². The molecule has 1 aromatic carbocycles. The molecular weight excluding hydrogens is 406 g/mol. The molecule has 3 atom stereocenters. The van der Waals surface area contributed by atoms with Gasteiger partial charge in [-0.1, -0.05) is 13.0 Å². The Morgan fingerprint density at radius 3 is 2.90 bits per heavy atom. The van der Waals surface area contributed by atoms with Crippen LogP contribution in [0.3, 0.4) is 0 Å². The van der Waals surface area contributed by atoms with Gasteiger partial charge in [0.2, 0.25) is 0 Å². The molecular formula is C21H22F2N6S. The third-order valence-corrected chi connectivity index (χ3v) is 7.07. The van der Waals surface area contributed by atoms with E-state index in [0.717, 1.165) is 30.7 Å². The van der Waals surface area contributed by atoms with Crippen LogP contribution in [0.2, 0.25) is 0 Å². The van der Waals surface area contributed by atoms with Gasteiger partial charge >= 0.3 is 0 Å². The Morgan fingerprint density at radius 2 is 2.07 bits per heavy atom. The number of hydrogen-bond acceptors (Lipinski definition) is 6. The van der Waals surface area contributed by atoms with Gasteiger partial charge in [-0.3, -0.25) is 4.90 Å². The second-order valence-corrected chi connectivity index (χ2v) is 8.89. The van der Waals surface area contributed by atoms with Crippen molar-refractivity contribution in [3.05, 3.63) is 53.1 Å². The van der Waals surface area contributed by atoms with Crippen molar-refractivity contribution >= 4 is 27.3 Å². The van der Waals surface area contributed by atoms with Crippen molar-refractivity contribution in [2.24, 2.45) is 5.92 Å². The molecule has 6 nitrogen and oxygen atoms in total. The molecule has 4 aromatic rings. The minimum atomic E-state index is -2.63. The summed E-state index contributed by atoms with van der Waals surface area (Å²) in [5.41, 5.74) is 4.65. The monoisotopic (exact) mass is 428 g/mol. The molecule has 30 heavy (non-hydrogen) atoms. The molecule has 1 aliphatic rings. The first-order valence-electron chi connectivity index (χ1n) is 10.1. The van der Waals surface area contributed by atoms with Crippen molar-refractivity contribution in [2.45, 2.75) is 38.7 Å². The highest BCUT2D eigenvalue weighted by Gasteiger charge is 2.33. The van der Waals surface area contributed by atoms with E-state index in [1.54, 1.807) is 15.9 Å². The molecule has 5 rings (SSSR count). The summed E-state index contributed by atoms with van der Waals surface area (Å²) < 4.78 is 29.7. The molecule has 9 heteroatoms. The van der Waals surface area contributed by atoms with Crippen LogP contribution in [0, 0.1) is 5.92 Å². The number of halogens is 2. The minimum absolute atomic E-state index is 0.0676. The number of hydrogen-bond donors (Lipinski definition) is 0. The van der Waals surface area contributed by atoms with Crippen molar-refractivity contribution in [1.82, 2.24) is 29.5 Å². The lowest BCUT2D eigenvalue weighted by Gasteiger charge is -2.40. The highest BCUT2D eigenvalue weighted by atomic mass is 32.1. The smallest absolute Gasteiger partial charge is 0.280 e. The second kappa shape index (κ2) is 7.63. The molecule has 1 fully saturated rings. The number of fused-ring (bicyclic) bond motifs is 2. The number of aromatic nitrogens is 5. The summed E-state index contributed by atoms with van der Waals surface area (Å²) in [6, 6.07) is 8.14. The van der Waals surface area contributed by atoms with Gasteiger partial charge in [0.05, 0.1) is 21.4 Å². The fourth-order valence-electron chi connectivity index (χ4n) is 4.40. The third-order valence-electron chi connectivity index (χ3n) is 6.28. The topological polar surface area (TPSA) is 59.2 Å². The Morgan fingerprint density at radius 1 is 1.20 bits per heavy atom. The number of thiazole rings is 1. The molecule has 0 bridgehead atoms. The lowest BCUT2D eigenvalue weighted by Crippen LogP contribution is -2.40. The lowest BCUT2D eigenvalue weighted by molar-refractivity contribution is 0.123. The van der Waals surface area contributed by atoms with Gasteiger partial charge in [-0.25, -0.2) is 23.3 Å². The van der Waals surface area contributed by atoms with Crippen LogP contribution in [0.4, 0.5) is 8.78 Å². The molecule has 0 aliphatic carbocycles. The standard InChI is InChI=1S/C21H22F2N6S/c1-12-5-6-28(13(2)14-3-4-16-19(7-14)30-11-25-16)9-15(12)18-8-17(20(22)23)27-21-24-10-26-29(18)21/h3-4,7-8,10-13,15,20H,5-6,9H2,1-2H3/t12-,13+,15-/m1/s1. The van der Waals surface area contributed by atoms with Crippen molar-refractivity contribution in [3.63, 3.8) is 0 Å². The molecule has 0 spiro atoms. The summed E-state index contributed by atoms with van der Waals surface area (Å²) in [4.78, 5) is 14.8. The van der Waals surface area contributed by atoms with Gasteiger partial charge in [0.1, 0.15) is 12.0 Å². The minimum Gasteiger partial charge on any atom is -0.296 e. The molecule has 0 saturated carbocycles. The summed E-state index contributed by atoms with van der Waals surface area (Å²) in [5, 5.41) is 4.26. The van der Waals surface area contributed by atoms with Gasteiger partial charge in [-0.15, -0.1) is 11.3 Å². The van der Waals surface area contributed by atoms with Crippen LogP contribution in [0.25, 0.3) is 16.0 Å². The summed E-state index contributed by atoms with van der Waals surface area (Å²) >= 11 is 1.64. The highest BCUT2D eigenvalue weighted by molar-refractivity contribution is 7.16. The highest BCUT2D eigenvalue weighted by Crippen LogP contribution is 2.37. The Balaban J connectivity index is 1.48. The number of likely N-dealkylation sites (tertiary alicyclic amines) is 1. The maximum absolute atomic E-state index is 13.4. The van der Waals surface area contributed by atoms with Gasteiger partial charge in [-0.2, -0.15) is 10.1 Å². The normalized spacial score (nSPS) is 21.6. The predicted molar refractivity (Wildman–Crippen MR) is 112 cm³/mol. The van der Waals surface area contributed by atoms with Crippen LogP contribution in [-0.2, 0) is 0 Å². The fraction of sp³-hybridized carbons (Fsp3) is 0.429. The van der Waals surface area contributed by atoms with Crippen LogP contribution >= 0.6 is 11.3 Å². The summed E-state index contributed by atoms with van der Waals surface area (Å²) in [6.45, 7) is 6.12. The number of alkyl halides is 2. The molecule has 0 amide bonds. The van der Waals surface area contributed by atoms with Crippen LogP contribution < -0.4 is 0 Å². The van der Waals surface area contributed by atoms with Gasteiger partial charge in [0, 0.05) is 18.5 Å². The van der Waals surface area contributed by atoms with E-state index < -0.39 is 6.43 Å². The van der Waals surface area contributed by atoms with Crippen LogP contribution in [0.5, 0.6) is 0 Å². The zero-order valence-corrected chi connectivity index (χ0v) is 17.6. The molecule has 0 unspecified atom stereocenters. The third kappa shape index (κ3) is 3.35. The predicted octanol–water partition coefficient (Wildman–Crippen LogP) is 4.86. The van der Waals surface area contributed by atoms with Gasteiger partial charge in [0.15, 0.2) is 0 Å². The van der Waals surface area contributed by atoms with E-state index in [-0.39, 0.29) is 23.4 Å². The summed E-state index contributed by atoms with van der Waals surface area (Å²) in [7, 11) is 0. The van der Waals surface area contributed by atoms with Crippen LogP contribution in [-0.4, -0.2) is 42.6 Å². The number of nitrogens with zero attached hydrogens (tertiary/aromatic N) is 6. The fourth-order valence-corrected chi connectivity index (χ4v) is 5.13. The average Bonchev–Trinajstić information content (AvgIpc) is 3.41. The second-order valence-electron chi connectivity index (χ2n) is 8.00. The number of benzene rings is 1. The Labute approximate surface area is 176 Å². The molecule has 0 radical (unpaired) electrons. The van der Waals surface area contributed by atoms with E-state index >= 15 is 0 Å². The van der Waals surface area contributed by atoms with Gasteiger partial charge < -0.3 is 0 Å². The van der Waals surface area contributed by atoms with Crippen molar-refractivity contribution in [3.8, 4) is 0 Å². The van der Waals surface area contributed by atoms with E-state index in [2.05, 4.69) is 57.0 Å². The number of rotatable bonds is 4. The molecule has 3 aromatic heterocycles. The molecule has 1 saturated heterocycles. The molecule has 1 aliphatic heterocycles. The lowest BCUT2D eigenvalue weighted by atomic mass is 9.83. The Kier molecular flexibility index (Phi) is 4.94. The molecule has 0 N–H and O–H groups in total. The summed E-state index contributed by atoms with van der Waals surface area (Å²) in [5.74, 6) is 0.645. The van der Waals surface area contributed by atoms with Gasteiger partial charge in [-0.05, 0) is 49.6 Å². The first kappa shape index (κ1) is 19.4. The van der Waals surface area contributed by atoms with E-state index in [4.69, 9.17) is 0 Å². The first-order chi connectivity index (χ1) is 14.5. The van der Waals surface area contributed by atoms with Crippen LogP contribution in [0.15, 0.2) is 36.1 Å². The van der Waals surface area contributed by atoms with Crippen molar-refractivity contribution in [2.75, 3.05) is 13.1 Å². The van der Waals surface area contributed by atoms with E-state index in [9.17, 15) is 8.78 Å². The first-order valence-corrected chi connectivity index (χ1v) is 10.9. The quantitative estimate of drug-likeness (QED) is 0.465. The van der Waals surface area contributed by atoms with Crippen LogP contribution in [0.1, 0.15) is 55.6 Å². The summed E-state index contributed by atoms with van der Waals surface area (Å²) in [6.07, 6.45) is -0.273. The number of piperidine rings is 1. The van der Waals surface area contributed by atoms with E-state index in [0.29, 0.717) is 5.92 Å². The Hall–Kier alpha value is -2.52. The molecule has 156 valence electrons. The zero-order chi connectivity index (χ0) is 20.8. The SMILES string of the molecule is C[C@@H]1CCN([C@@H](C)c2ccc3ncsc3c2)C[C@H]1c1cc(C(F)F)nc2ncnn12. The zero-order valence-electron chi connectivity index (χ0n) is 16.7. The average molecular weight is 429 g/mol. The molecule has 4 heterocycles. The largest absolute Gasteiger partial charge is 0.296 e. The van der Waals surface area contributed by atoms with Crippen molar-refractivity contribution in [1.29, 1.82) is 0 Å². The van der Waals surface area contributed by atoms with Crippen molar-refractivity contribution < 1.29 is 8.78 Å². The maximum atomic E-state index is 13.4. The maximum Gasteiger partial charge on any atom is 0.280 e. The Bertz CT molecular complexity index is 1190. The van der Waals surface area contributed by atoms with E-state index in [1.165, 1.54) is 22.7 Å².